The average molecular weight is 374 g/mol. The molecule has 8 heteroatoms. The maximum Gasteiger partial charge on any atom is 0.254 e. The number of likely N-dealkylation sites (tertiary alicyclic amines) is 1. The van der Waals surface area contributed by atoms with E-state index in [2.05, 4.69) is 15.3 Å². The summed E-state index contributed by atoms with van der Waals surface area (Å²) in [6, 6.07) is 3.27. The van der Waals surface area contributed by atoms with E-state index in [1.54, 1.807) is 35.9 Å². The van der Waals surface area contributed by atoms with Gasteiger partial charge in [-0.25, -0.2) is 9.97 Å². The summed E-state index contributed by atoms with van der Waals surface area (Å²) in [4.78, 5) is 34.6. The van der Waals surface area contributed by atoms with Crippen LogP contribution in [0.3, 0.4) is 0 Å². The Morgan fingerprint density at radius 2 is 2.08 bits per heavy atom. The molecule has 0 spiro atoms. The fourth-order valence-electron chi connectivity index (χ4n) is 3.26. The van der Waals surface area contributed by atoms with Gasteiger partial charge >= 0.3 is 0 Å². The fourth-order valence-corrected chi connectivity index (χ4v) is 4.04. The number of methoxy groups -OCH3 is 1. The summed E-state index contributed by atoms with van der Waals surface area (Å²) in [5, 5.41) is 5.86. The number of aromatic nitrogens is 2. The van der Waals surface area contributed by atoms with E-state index in [1.807, 2.05) is 10.3 Å². The molecule has 0 aromatic carbocycles. The maximum absolute atomic E-state index is 12.7. The molecule has 1 saturated heterocycles. The van der Waals surface area contributed by atoms with Crippen molar-refractivity contribution in [3.05, 3.63) is 40.5 Å². The van der Waals surface area contributed by atoms with Crippen molar-refractivity contribution in [1.29, 1.82) is 0 Å². The van der Waals surface area contributed by atoms with Crippen LogP contribution in [-0.4, -0.2) is 46.9 Å². The molecule has 0 radical (unpaired) electrons. The van der Waals surface area contributed by atoms with Gasteiger partial charge in [-0.05, 0) is 24.8 Å². The zero-order valence-corrected chi connectivity index (χ0v) is 15.7. The first-order valence-electron chi connectivity index (χ1n) is 8.54. The standard InChI is InChI=1S/C18H22N4O3S/c1-12(23)21-16(17-20-7-10-26-17)13-4-8-22(9-5-13)18(24)14-3-6-19-15(11-14)25-2/h3,6-7,10-11,13,16H,4-5,8-9H2,1-2H3,(H,21,23)/t16-/m1/s1. The smallest absolute Gasteiger partial charge is 0.254 e. The maximum atomic E-state index is 12.7. The van der Waals surface area contributed by atoms with Crippen LogP contribution in [0.1, 0.15) is 41.2 Å². The lowest BCUT2D eigenvalue weighted by molar-refractivity contribution is -0.120. The number of ether oxygens (including phenoxy) is 1. The van der Waals surface area contributed by atoms with Gasteiger partial charge in [-0.3, -0.25) is 9.59 Å². The topological polar surface area (TPSA) is 84.4 Å². The first kappa shape index (κ1) is 18.3. The molecule has 3 rings (SSSR count). The van der Waals surface area contributed by atoms with Crippen LogP contribution in [0.25, 0.3) is 0 Å². The highest BCUT2D eigenvalue weighted by Gasteiger charge is 2.31. The third kappa shape index (κ3) is 4.19. The zero-order valence-electron chi connectivity index (χ0n) is 14.8. The molecule has 0 saturated carbocycles. The number of nitrogens with zero attached hydrogens (tertiary/aromatic N) is 3. The minimum absolute atomic E-state index is 0.0190. The van der Waals surface area contributed by atoms with Gasteiger partial charge in [0.2, 0.25) is 11.8 Å². The van der Waals surface area contributed by atoms with Gasteiger partial charge in [0.05, 0.1) is 13.2 Å². The minimum atomic E-state index is -0.0919. The van der Waals surface area contributed by atoms with E-state index in [9.17, 15) is 9.59 Å². The molecule has 0 bridgehead atoms. The van der Waals surface area contributed by atoms with Crippen molar-refractivity contribution in [2.24, 2.45) is 5.92 Å². The van der Waals surface area contributed by atoms with E-state index in [4.69, 9.17) is 4.74 Å². The van der Waals surface area contributed by atoms with Gasteiger partial charge < -0.3 is 15.0 Å². The highest BCUT2D eigenvalue weighted by atomic mass is 32.1. The summed E-state index contributed by atoms with van der Waals surface area (Å²) in [6.07, 6.45) is 4.97. The Morgan fingerprint density at radius 1 is 1.31 bits per heavy atom. The number of thiazole rings is 1. The first-order chi connectivity index (χ1) is 12.6. The molecule has 3 heterocycles. The van der Waals surface area contributed by atoms with Crippen molar-refractivity contribution in [1.82, 2.24) is 20.2 Å². The molecule has 0 aliphatic carbocycles. The molecule has 7 nitrogen and oxygen atoms in total. The largest absolute Gasteiger partial charge is 0.481 e. The molecule has 1 aliphatic heterocycles. The molecule has 1 aliphatic rings. The van der Waals surface area contributed by atoms with Crippen LogP contribution in [0.2, 0.25) is 0 Å². The van der Waals surface area contributed by atoms with Gasteiger partial charge in [0, 0.05) is 49.4 Å². The predicted molar refractivity (Wildman–Crippen MR) is 98.1 cm³/mol. The molecule has 2 aromatic heterocycles. The lowest BCUT2D eigenvalue weighted by Gasteiger charge is -2.35. The molecule has 2 amide bonds. The molecular weight excluding hydrogens is 352 g/mol. The summed E-state index contributed by atoms with van der Waals surface area (Å²) in [6.45, 7) is 2.82. The molecule has 1 N–H and O–H groups in total. The highest BCUT2D eigenvalue weighted by molar-refractivity contribution is 7.09. The van der Waals surface area contributed by atoms with Crippen LogP contribution in [0, 0.1) is 5.92 Å². The van der Waals surface area contributed by atoms with Crippen LogP contribution in [0.4, 0.5) is 0 Å². The van der Waals surface area contributed by atoms with Crippen molar-refractivity contribution in [3.8, 4) is 5.88 Å². The van der Waals surface area contributed by atoms with Gasteiger partial charge in [0.25, 0.3) is 5.91 Å². The number of nitrogens with one attached hydrogen (secondary N) is 1. The second-order valence-corrected chi connectivity index (χ2v) is 7.19. The van der Waals surface area contributed by atoms with Crippen molar-refractivity contribution in [2.45, 2.75) is 25.8 Å². The lowest BCUT2D eigenvalue weighted by atomic mass is 9.89. The Kier molecular flexibility index (Phi) is 5.82. The van der Waals surface area contributed by atoms with Crippen LogP contribution < -0.4 is 10.1 Å². The second-order valence-electron chi connectivity index (χ2n) is 6.27. The van der Waals surface area contributed by atoms with E-state index in [1.165, 1.54) is 14.0 Å². The molecule has 1 atom stereocenters. The molecule has 1 fully saturated rings. The highest BCUT2D eigenvalue weighted by Crippen LogP contribution is 2.32. The summed E-state index contributed by atoms with van der Waals surface area (Å²) < 4.78 is 5.09. The summed E-state index contributed by atoms with van der Waals surface area (Å²) >= 11 is 1.55. The SMILES string of the molecule is COc1cc(C(=O)N2CCC([C@@H](NC(C)=O)c3nccs3)CC2)ccn1. The van der Waals surface area contributed by atoms with Gasteiger partial charge in [-0.2, -0.15) is 0 Å². The fraction of sp³-hybridized carbons (Fsp3) is 0.444. The Bertz CT molecular complexity index is 758. The number of hydrogen-bond donors (Lipinski definition) is 1. The van der Waals surface area contributed by atoms with Crippen molar-refractivity contribution in [3.63, 3.8) is 0 Å². The third-order valence-electron chi connectivity index (χ3n) is 4.57. The first-order valence-corrected chi connectivity index (χ1v) is 9.42. The number of carbonyl (C=O) groups excluding carboxylic acids is 2. The molecular formula is C18H22N4O3S. The number of amides is 2. The lowest BCUT2D eigenvalue weighted by Crippen LogP contribution is -2.42. The predicted octanol–water partition coefficient (Wildman–Crippen LogP) is 2.28. The number of carbonyl (C=O) groups is 2. The Labute approximate surface area is 156 Å². The van der Waals surface area contributed by atoms with E-state index < -0.39 is 0 Å². The van der Waals surface area contributed by atoms with Crippen molar-refractivity contribution < 1.29 is 14.3 Å². The number of rotatable bonds is 5. The Hall–Kier alpha value is -2.48. The quantitative estimate of drug-likeness (QED) is 0.868. The minimum Gasteiger partial charge on any atom is -0.481 e. The van der Waals surface area contributed by atoms with Gasteiger partial charge in [0.1, 0.15) is 5.01 Å². The van der Waals surface area contributed by atoms with Gasteiger partial charge in [-0.1, -0.05) is 0 Å². The monoisotopic (exact) mass is 374 g/mol. The summed E-state index contributed by atoms with van der Waals surface area (Å²) in [5.74, 6) is 0.614. The van der Waals surface area contributed by atoms with E-state index in [-0.39, 0.29) is 23.8 Å². The van der Waals surface area contributed by atoms with E-state index in [0.717, 1.165) is 17.8 Å². The second kappa shape index (κ2) is 8.27. The Balaban J connectivity index is 1.65. The van der Waals surface area contributed by atoms with Crippen LogP contribution in [-0.2, 0) is 4.79 Å². The molecule has 138 valence electrons. The van der Waals surface area contributed by atoms with Crippen LogP contribution in [0.5, 0.6) is 5.88 Å². The van der Waals surface area contributed by atoms with Crippen molar-refractivity contribution in [2.75, 3.05) is 20.2 Å². The van der Waals surface area contributed by atoms with Crippen LogP contribution in [0.15, 0.2) is 29.9 Å². The molecule has 0 unspecified atom stereocenters. The van der Waals surface area contributed by atoms with Crippen molar-refractivity contribution >= 4 is 23.2 Å². The number of hydrogen-bond acceptors (Lipinski definition) is 6. The van der Waals surface area contributed by atoms with Gasteiger partial charge in [-0.15, -0.1) is 11.3 Å². The number of pyridine rings is 1. The normalized spacial score (nSPS) is 16.2. The summed E-state index contributed by atoms with van der Waals surface area (Å²) in [7, 11) is 1.53. The Morgan fingerprint density at radius 3 is 2.69 bits per heavy atom. The molecule has 26 heavy (non-hydrogen) atoms. The average Bonchev–Trinajstić information content (AvgIpc) is 3.20. The van der Waals surface area contributed by atoms with E-state index in [0.29, 0.717) is 24.5 Å². The van der Waals surface area contributed by atoms with E-state index >= 15 is 0 Å². The summed E-state index contributed by atoms with van der Waals surface area (Å²) in [5.41, 5.74) is 0.577. The third-order valence-corrected chi connectivity index (χ3v) is 5.42. The number of piperidine rings is 1. The van der Waals surface area contributed by atoms with Crippen LogP contribution >= 0.6 is 11.3 Å². The van der Waals surface area contributed by atoms with Gasteiger partial charge in [0.15, 0.2) is 0 Å². The zero-order chi connectivity index (χ0) is 18.5. The molecule has 2 aromatic rings.